The molecule has 4 aromatic rings. The zero-order chi connectivity index (χ0) is 26.8. The number of aliphatic hydroxyl groups excluding tert-OH is 2. The second-order valence-electron chi connectivity index (χ2n) is 9.27. The number of hydrogen-bond acceptors (Lipinski definition) is 6. The third-order valence-corrected chi connectivity index (χ3v) is 6.56. The van der Waals surface area contributed by atoms with E-state index in [1.165, 1.54) is 48.5 Å². The summed E-state index contributed by atoms with van der Waals surface area (Å²) in [6, 6.07) is 21.5. The minimum atomic E-state index is -0.732. The summed E-state index contributed by atoms with van der Waals surface area (Å²) in [6.45, 7) is 0. The lowest BCUT2D eigenvalue weighted by molar-refractivity contribution is 0.0649. The predicted molar refractivity (Wildman–Crippen MR) is 135 cm³/mol. The lowest BCUT2D eigenvalue weighted by Crippen LogP contribution is -2.19. The van der Waals surface area contributed by atoms with Crippen LogP contribution in [0.1, 0.15) is 59.5 Å². The van der Waals surface area contributed by atoms with Gasteiger partial charge in [0.2, 0.25) is 0 Å². The zero-order valence-corrected chi connectivity index (χ0v) is 20.2. The number of halogens is 2. The number of phenolic OH excluding ortho intramolecular Hbond substituents is 2. The molecule has 8 heteroatoms. The number of aliphatic hydroxyl groups is 2. The second kappa shape index (κ2) is 10.7. The Labute approximate surface area is 218 Å². The van der Waals surface area contributed by atoms with Gasteiger partial charge in [-0.2, -0.15) is 0 Å². The molecule has 0 aliphatic carbocycles. The number of ether oxygens (including phenoxy) is 2. The first-order valence-corrected chi connectivity index (χ1v) is 12.1. The Morgan fingerprint density at radius 3 is 1.39 bits per heavy atom. The molecule has 4 N–H and O–H groups in total. The van der Waals surface area contributed by atoms with E-state index < -0.39 is 12.2 Å². The van der Waals surface area contributed by atoms with Gasteiger partial charge in [0.05, 0.1) is 12.2 Å². The summed E-state index contributed by atoms with van der Waals surface area (Å²) < 4.78 is 38.0. The Balaban J connectivity index is 0.000000155. The summed E-state index contributed by atoms with van der Waals surface area (Å²) in [7, 11) is 0. The summed E-state index contributed by atoms with van der Waals surface area (Å²) in [5.41, 5.74) is 2.51. The molecule has 0 radical (unpaired) electrons. The van der Waals surface area contributed by atoms with Gasteiger partial charge in [0.1, 0.15) is 46.8 Å². The van der Waals surface area contributed by atoms with E-state index in [2.05, 4.69) is 0 Å². The van der Waals surface area contributed by atoms with Gasteiger partial charge in [-0.1, -0.05) is 24.3 Å². The maximum atomic E-state index is 13.2. The Morgan fingerprint density at radius 2 is 1.00 bits per heavy atom. The number of benzene rings is 4. The summed E-state index contributed by atoms with van der Waals surface area (Å²) in [4.78, 5) is 0. The quantitative estimate of drug-likeness (QED) is 0.252. The highest BCUT2D eigenvalue weighted by Crippen LogP contribution is 2.43. The average Bonchev–Trinajstić information content (AvgIpc) is 2.90. The molecule has 4 unspecified atom stereocenters. The van der Waals surface area contributed by atoms with Gasteiger partial charge in [0, 0.05) is 24.0 Å². The Kier molecular flexibility index (Phi) is 7.18. The van der Waals surface area contributed by atoms with Crippen molar-refractivity contribution in [2.45, 2.75) is 37.3 Å². The Hall–Kier alpha value is -4.14. The lowest BCUT2D eigenvalue weighted by Gasteiger charge is -2.30. The molecule has 0 fully saturated rings. The summed E-state index contributed by atoms with van der Waals surface area (Å²) in [5.74, 6) is 0.562. The molecule has 0 spiro atoms. The second-order valence-corrected chi connectivity index (χ2v) is 9.27. The Bertz CT molecular complexity index is 1330. The standard InChI is InChI=1S/2C15H13FO3/c2*16-10-3-1-2-9(6-10)15-8-13(18)12-7-11(17)4-5-14(12)19-15/h2*1-7,13,15,17-18H,8H2. The third-order valence-electron chi connectivity index (χ3n) is 6.56. The summed E-state index contributed by atoms with van der Waals surface area (Å²) >= 11 is 0. The summed E-state index contributed by atoms with van der Waals surface area (Å²) in [5, 5.41) is 39.0. The van der Waals surface area contributed by atoms with Gasteiger partial charge in [0.25, 0.3) is 0 Å². The van der Waals surface area contributed by atoms with Crippen LogP contribution < -0.4 is 9.47 Å². The lowest BCUT2D eigenvalue weighted by atomic mass is 9.95. The minimum Gasteiger partial charge on any atom is -0.508 e. The maximum Gasteiger partial charge on any atom is 0.127 e. The predicted octanol–water partition coefficient (Wildman–Crippen LogP) is 6.18. The normalized spacial score (nSPS) is 21.6. The minimum absolute atomic E-state index is 0.0885. The van der Waals surface area contributed by atoms with Gasteiger partial charge in [-0.25, -0.2) is 8.78 Å². The molecule has 0 aromatic heterocycles. The molecule has 0 bridgehead atoms. The van der Waals surface area contributed by atoms with Crippen molar-refractivity contribution in [3.8, 4) is 23.0 Å². The van der Waals surface area contributed by atoms with E-state index in [-0.39, 0.29) is 35.3 Å². The van der Waals surface area contributed by atoms with Crippen molar-refractivity contribution >= 4 is 0 Å². The molecule has 0 amide bonds. The Morgan fingerprint density at radius 1 is 0.579 bits per heavy atom. The topological polar surface area (TPSA) is 99.4 Å². The van der Waals surface area contributed by atoms with Crippen molar-refractivity contribution in [2.24, 2.45) is 0 Å². The molecule has 2 aliphatic rings. The van der Waals surface area contributed by atoms with Crippen molar-refractivity contribution in [3.05, 3.63) is 119 Å². The van der Waals surface area contributed by atoms with Gasteiger partial charge >= 0.3 is 0 Å². The smallest absolute Gasteiger partial charge is 0.127 e. The van der Waals surface area contributed by atoms with Gasteiger partial charge in [0.15, 0.2) is 0 Å². The number of rotatable bonds is 2. The van der Waals surface area contributed by atoms with E-state index in [9.17, 15) is 29.2 Å². The van der Waals surface area contributed by atoms with E-state index >= 15 is 0 Å². The molecule has 4 aromatic carbocycles. The molecule has 38 heavy (non-hydrogen) atoms. The van der Waals surface area contributed by atoms with Crippen LogP contribution in [0.25, 0.3) is 0 Å². The fourth-order valence-electron chi connectivity index (χ4n) is 4.69. The first-order chi connectivity index (χ1) is 18.3. The number of phenols is 2. The monoisotopic (exact) mass is 520 g/mol. The SMILES string of the molecule is Oc1ccc2c(c1)C(O)CC(c1cccc(F)c1)O2.Oc1ccc2c(c1)C(O)CC(c1cccc(F)c1)O2. The van der Waals surface area contributed by atoms with Crippen molar-refractivity contribution in [1.29, 1.82) is 0 Å². The highest BCUT2D eigenvalue weighted by molar-refractivity contribution is 5.44. The van der Waals surface area contributed by atoms with Crippen LogP contribution >= 0.6 is 0 Å². The van der Waals surface area contributed by atoms with Crippen LogP contribution in [0.4, 0.5) is 8.78 Å². The third kappa shape index (κ3) is 5.56. The van der Waals surface area contributed by atoms with Crippen molar-refractivity contribution < 1.29 is 38.7 Å². The molecule has 0 saturated carbocycles. The van der Waals surface area contributed by atoms with Crippen LogP contribution in [0.2, 0.25) is 0 Å². The van der Waals surface area contributed by atoms with E-state index in [1.54, 1.807) is 36.4 Å². The van der Waals surface area contributed by atoms with Crippen LogP contribution in [-0.4, -0.2) is 20.4 Å². The van der Waals surface area contributed by atoms with Crippen molar-refractivity contribution in [1.82, 2.24) is 0 Å². The first-order valence-electron chi connectivity index (χ1n) is 12.1. The van der Waals surface area contributed by atoms with Crippen LogP contribution in [0.15, 0.2) is 84.9 Å². The fraction of sp³-hybridized carbons (Fsp3) is 0.200. The van der Waals surface area contributed by atoms with E-state index in [4.69, 9.17) is 9.47 Å². The fourth-order valence-corrected chi connectivity index (χ4v) is 4.69. The molecular weight excluding hydrogens is 494 g/mol. The van der Waals surface area contributed by atoms with Crippen LogP contribution in [0, 0.1) is 11.6 Å². The maximum absolute atomic E-state index is 13.2. The molecular formula is C30H26F2O6. The van der Waals surface area contributed by atoms with E-state index in [1.807, 2.05) is 0 Å². The molecule has 6 nitrogen and oxygen atoms in total. The largest absolute Gasteiger partial charge is 0.508 e. The van der Waals surface area contributed by atoms with E-state index in [0.29, 0.717) is 46.6 Å². The molecule has 6 rings (SSSR count). The highest BCUT2D eigenvalue weighted by atomic mass is 19.1. The number of fused-ring (bicyclic) bond motifs is 2. The summed E-state index contributed by atoms with van der Waals surface area (Å²) in [6.07, 6.45) is -1.57. The number of hydrogen-bond donors (Lipinski definition) is 4. The van der Waals surface area contributed by atoms with Gasteiger partial charge in [-0.05, 0) is 71.8 Å². The highest BCUT2D eigenvalue weighted by Gasteiger charge is 2.29. The van der Waals surface area contributed by atoms with Crippen LogP contribution in [0.3, 0.4) is 0 Å². The average molecular weight is 521 g/mol. The van der Waals surface area contributed by atoms with Crippen molar-refractivity contribution in [2.75, 3.05) is 0 Å². The first kappa shape index (κ1) is 25.5. The van der Waals surface area contributed by atoms with Gasteiger partial charge in [-0.15, -0.1) is 0 Å². The molecule has 2 heterocycles. The molecule has 0 saturated heterocycles. The molecule has 4 atom stereocenters. The van der Waals surface area contributed by atoms with Crippen LogP contribution in [0.5, 0.6) is 23.0 Å². The molecule has 196 valence electrons. The zero-order valence-electron chi connectivity index (χ0n) is 20.2. The van der Waals surface area contributed by atoms with E-state index in [0.717, 1.165) is 0 Å². The molecule has 2 aliphatic heterocycles. The van der Waals surface area contributed by atoms with Gasteiger partial charge in [-0.3, -0.25) is 0 Å². The number of aromatic hydroxyl groups is 2. The van der Waals surface area contributed by atoms with Crippen molar-refractivity contribution in [3.63, 3.8) is 0 Å². The van der Waals surface area contributed by atoms with Gasteiger partial charge < -0.3 is 29.9 Å². The van der Waals surface area contributed by atoms with Crippen LogP contribution in [-0.2, 0) is 0 Å².